The maximum atomic E-state index is 12.3. The first-order valence-electron chi connectivity index (χ1n) is 7.59. The monoisotopic (exact) mass is 331 g/mol. The number of aryl methyl sites for hydroxylation is 1. The Morgan fingerprint density at radius 2 is 2.14 bits per heavy atom. The minimum absolute atomic E-state index is 0.0811. The van der Waals surface area contributed by atoms with E-state index in [1.165, 1.54) is 0 Å². The lowest BCUT2D eigenvalue weighted by molar-refractivity contribution is -0.0134. The van der Waals surface area contributed by atoms with E-state index in [-0.39, 0.29) is 17.9 Å². The van der Waals surface area contributed by atoms with E-state index in [9.17, 15) is 8.42 Å². The molecule has 1 aliphatic carbocycles. The summed E-state index contributed by atoms with van der Waals surface area (Å²) in [5.41, 5.74) is 0.544. The fourth-order valence-corrected chi connectivity index (χ4v) is 4.08. The molecule has 0 saturated heterocycles. The average molecular weight is 331 g/mol. The van der Waals surface area contributed by atoms with Crippen molar-refractivity contribution in [3.05, 3.63) is 18.0 Å². The van der Waals surface area contributed by atoms with Gasteiger partial charge in [-0.2, -0.15) is 5.10 Å². The van der Waals surface area contributed by atoms with Gasteiger partial charge in [0.05, 0.1) is 25.0 Å². The molecule has 1 fully saturated rings. The highest BCUT2D eigenvalue weighted by atomic mass is 32.2. The van der Waals surface area contributed by atoms with E-state index in [0.29, 0.717) is 18.9 Å². The third-order valence-corrected chi connectivity index (χ3v) is 5.10. The molecule has 7 nitrogen and oxygen atoms in total. The molecule has 0 aliphatic heterocycles. The van der Waals surface area contributed by atoms with Gasteiger partial charge in [-0.1, -0.05) is 12.8 Å². The smallest absolute Gasteiger partial charge is 0.217 e. The van der Waals surface area contributed by atoms with Gasteiger partial charge in [0.1, 0.15) is 5.75 Å². The fourth-order valence-electron chi connectivity index (χ4n) is 2.72. The minimum Gasteiger partial charge on any atom is -0.382 e. The SMILES string of the molecule is COCCO[C@@H]1CCCC[C@H]1NS(=O)(=O)Cc1ccn(C)n1. The Morgan fingerprint density at radius 1 is 1.36 bits per heavy atom. The van der Waals surface area contributed by atoms with Gasteiger partial charge in [0.25, 0.3) is 0 Å². The first kappa shape index (κ1) is 17.4. The van der Waals surface area contributed by atoms with Gasteiger partial charge in [-0.3, -0.25) is 4.68 Å². The van der Waals surface area contributed by atoms with E-state index < -0.39 is 10.0 Å². The third-order valence-electron chi connectivity index (χ3n) is 3.76. The van der Waals surface area contributed by atoms with Crippen LogP contribution in [-0.4, -0.2) is 50.7 Å². The summed E-state index contributed by atoms with van der Waals surface area (Å²) in [5.74, 6) is -0.102. The van der Waals surface area contributed by atoms with Crippen molar-refractivity contribution < 1.29 is 17.9 Å². The number of hydrogen-bond donors (Lipinski definition) is 1. The molecule has 0 aromatic carbocycles. The lowest BCUT2D eigenvalue weighted by Crippen LogP contribution is -2.46. The molecule has 126 valence electrons. The summed E-state index contributed by atoms with van der Waals surface area (Å²) in [6.07, 6.45) is 5.42. The van der Waals surface area contributed by atoms with E-state index in [0.717, 1.165) is 25.7 Å². The van der Waals surface area contributed by atoms with Gasteiger partial charge in [-0.15, -0.1) is 0 Å². The van der Waals surface area contributed by atoms with Gasteiger partial charge in [-0.05, 0) is 18.9 Å². The Morgan fingerprint density at radius 3 is 2.82 bits per heavy atom. The van der Waals surface area contributed by atoms with Gasteiger partial charge in [-0.25, -0.2) is 13.1 Å². The van der Waals surface area contributed by atoms with Crippen molar-refractivity contribution in [3.8, 4) is 0 Å². The number of aromatic nitrogens is 2. The molecule has 1 aromatic rings. The number of sulfonamides is 1. The molecule has 0 bridgehead atoms. The Kier molecular flexibility index (Phi) is 6.37. The predicted octanol–water partition coefficient (Wildman–Crippen LogP) is 0.814. The summed E-state index contributed by atoms with van der Waals surface area (Å²) in [6.45, 7) is 1.00. The molecule has 0 amide bonds. The highest BCUT2D eigenvalue weighted by molar-refractivity contribution is 7.88. The van der Waals surface area contributed by atoms with Crippen LogP contribution in [0.4, 0.5) is 0 Å². The van der Waals surface area contributed by atoms with Crippen LogP contribution in [0.15, 0.2) is 12.3 Å². The lowest BCUT2D eigenvalue weighted by atomic mass is 9.93. The van der Waals surface area contributed by atoms with Crippen LogP contribution in [0.1, 0.15) is 31.4 Å². The molecule has 0 radical (unpaired) electrons. The molecule has 1 N–H and O–H groups in total. The summed E-state index contributed by atoms with van der Waals surface area (Å²) < 4.78 is 39.8. The van der Waals surface area contributed by atoms with Gasteiger partial charge < -0.3 is 9.47 Å². The molecular formula is C14H25N3O4S. The van der Waals surface area contributed by atoms with Crippen LogP contribution in [0.3, 0.4) is 0 Å². The van der Waals surface area contributed by atoms with E-state index in [1.54, 1.807) is 31.1 Å². The van der Waals surface area contributed by atoms with Crippen molar-refractivity contribution >= 4 is 10.0 Å². The second-order valence-corrected chi connectivity index (χ2v) is 7.40. The summed E-state index contributed by atoms with van der Waals surface area (Å²) in [4.78, 5) is 0. The summed E-state index contributed by atoms with van der Waals surface area (Å²) in [5, 5.41) is 4.12. The van der Waals surface area contributed by atoms with E-state index in [1.807, 2.05) is 0 Å². The summed E-state index contributed by atoms with van der Waals surface area (Å²) in [7, 11) is -0.0310. The van der Waals surface area contributed by atoms with Crippen molar-refractivity contribution in [1.29, 1.82) is 0 Å². The zero-order chi connectivity index (χ0) is 16.0. The topological polar surface area (TPSA) is 82.5 Å². The zero-order valence-corrected chi connectivity index (χ0v) is 14.0. The zero-order valence-electron chi connectivity index (χ0n) is 13.2. The van der Waals surface area contributed by atoms with Crippen molar-refractivity contribution in [2.75, 3.05) is 20.3 Å². The van der Waals surface area contributed by atoms with Crippen LogP contribution in [0.25, 0.3) is 0 Å². The fraction of sp³-hybridized carbons (Fsp3) is 0.786. The third kappa shape index (κ3) is 5.35. The minimum atomic E-state index is -3.42. The Labute approximate surface area is 132 Å². The van der Waals surface area contributed by atoms with Crippen molar-refractivity contribution in [1.82, 2.24) is 14.5 Å². The van der Waals surface area contributed by atoms with Gasteiger partial charge in [0.15, 0.2) is 0 Å². The molecule has 8 heteroatoms. The molecule has 1 heterocycles. The summed E-state index contributed by atoms with van der Waals surface area (Å²) >= 11 is 0. The number of ether oxygens (including phenoxy) is 2. The van der Waals surface area contributed by atoms with Crippen LogP contribution in [-0.2, 0) is 32.3 Å². The Balaban J connectivity index is 1.93. The van der Waals surface area contributed by atoms with Crippen molar-refractivity contribution in [3.63, 3.8) is 0 Å². The Hall–Kier alpha value is -0.960. The molecule has 0 spiro atoms. The van der Waals surface area contributed by atoms with E-state index >= 15 is 0 Å². The molecule has 0 unspecified atom stereocenters. The Bertz CT molecular complexity index is 558. The highest BCUT2D eigenvalue weighted by Crippen LogP contribution is 2.22. The molecule has 1 aromatic heterocycles. The first-order valence-corrected chi connectivity index (χ1v) is 9.24. The second-order valence-electron chi connectivity index (χ2n) is 5.65. The normalized spacial score (nSPS) is 22.8. The number of hydrogen-bond acceptors (Lipinski definition) is 5. The number of methoxy groups -OCH3 is 1. The predicted molar refractivity (Wildman–Crippen MR) is 82.8 cm³/mol. The number of nitrogens with zero attached hydrogens (tertiary/aromatic N) is 2. The van der Waals surface area contributed by atoms with Crippen LogP contribution in [0.5, 0.6) is 0 Å². The molecule has 1 aliphatic rings. The van der Waals surface area contributed by atoms with Crippen LogP contribution < -0.4 is 4.72 Å². The maximum absolute atomic E-state index is 12.3. The lowest BCUT2D eigenvalue weighted by Gasteiger charge is -2.31. The average Bonchev–Trinajstić information content (AvgIpc) is 2.85. The first-order chi connectivity index (χ1) is 10.5. The largest absolute Gasteiger partial charge is 0.382 e. The summed E-state index contributed by atoms with van der Waals surface area (Å²) in [6, 6.07) is 1.55. The van der Waals surface area contributed by atoms with Gasteiger partial charge in [0, 0.05) is 26.4 Å². The van der Waals surface area contributed by atoms with Crippen LogP contribution in [0, 0.1) is 0 Å². The number of nitrogens with one attached hydrogen (secondary N) is 1. The van der Waals surface area contributed by atoms with Gasteiger partial charge >= 0.3 is 0 Å². The second kappa shape index (κ2) is 8.05. The van der Waals surface area contributed by atoms with Crippen molar-refractivity contribution in [2.45, 2.75) is 43.6 Å². The molecule has 22 heavy (non-hydrogen) atoms. The number of rotatable bonds is 8. The molecule has 1 saturated carbocycles. The van der Waals surface area contributed by atoms with Crippen LogP contribution >= 0.6 is 0 Å². The van der Waals surface area contributed by atoms with Crippen molar-refractivity contribution in [2.24, 2.45) is 7.05 Å². The maximum Gasteiger partial charge on any atom is 0.217 e. The molecule has 2 atom stereocenters. The standard InChI is InChI=1S/C14H25N3O4S/c1-17-8-7-12(15-17)11-22(18,19)16-13-5-3-4-6-14(13)21-10-9-20-2/h7-8,13-14,16H,3-6,9-11H2,1-2H3/t13-,14-/m1/s1. The van der Waals surface area contributed by atoms with E-state index in [2.05, 4.69) is 9.82 Å². The highest BCUT2D eigenvalue weighted by Gasteiger charge is 2.29. The van der Waals surface area contributed by atoms with E-state index in [4.69, 9.17) is 9.47 Å². The van der Waals surface area contributed by atoms with Gasteiger partial charge in [0.2, 0.25) is 10.0 Å². The molecular weight excluding hydrogens is 306 g/mol. The quantitative estimate of drug-likeness (QED) is 0.713. The molecule has 2 rings (SSSR count). The van der Waals surface area contributed by atoms with Crippen LogP contribution in [0.2, 0.25) is 0 Å².